The molecule has 3 aromatic rings. The van der Waals surface area contributed by atoms with Gasteiger partial charge in [0.05, 0.1) is 4.90 Å². The molecule has 0 spiro atoms. The summed E-state index contributed by atoms with van der Waals surface area (Å²) >= 11 is 6.09. The van der Waals surface area contributed by atoms with Crippen LogP contribution in [-0.2, 0) is 23.0 Å². The fourth-order valence-electron chi connectivity index (χ4n) is 2.44. The van der Waals surface area contributed by atoms with E-state index < -0.39 is 10.0 Å². The molecule has 0 aliphatic rings. The van der Waals surface area contributed by atoms with E-state index >= 15 is 0 Å². The van der Waals surface area contributed by atoms with Crippen LogP contribution in [0, 0.1) is 6.92 Å². The summed E-state index contributed by atoms with van der Waals surface area (Å²) in [5.74, 6) is 0.867. The zero-order valence-corrected chi connectivity index (χ0v) is 15.9. The summed E-state index contributed by atoms with van der Waals surface area (Å²) in [5, 5.41) is 4.41. The van der Waals surface area contributed by atoms with Gasteiger partial charge in [0.1, 0.15) is 0 Å². The van der Waals surface area contributed by atoms with E-state index in [1.165, 1.54) is 0 Å². The maximum atomic E-state index is 12.8. The minimum absolute atomic E-state index is 0.105. The van der Waals surface area contributed by atoms with Crippen LogP contribution in [0.2, 0.25) is 5.02 Å². The Balaban J connectivity index is 1.89. The largest absolute Gasteiger partial charge is 0.339 e. The van der Waals surface area contributed by atoms with E-state index in [4.69, 9.17) is 16.1 Å². The first kappa shape index (κ1) is 18.6. The maximum absolute atomic E-state index is 12.8. The highest BCUT2D eigenvalue weighted by Gasteiger charge is 2.19. The first-order chi connectivity index (χ1) is 12.4. The second-order valence-electron chi connectivity index (χ2n) is 5.76. The van der Waals surface area contributed by atoms with E-state index in [1.807, 2.05) is 13.0 Å². The molecule has 0 amide bonds. The molecule has 1 aromatic heterocycles. The second-order valence-corrected chi connectivity index (χ2v) is 7.90. The Morgan fingerprint density at radius 1 is 1.19 bits per heavy atom. The summed E-state index contributed by atoms with van der Waals surface area (Å²) in [7, 11) is -3.73. The summed E-state index contributed by atoms with van der Waals surface area (Å²) in [6.45, 7) is 3.75. The van der Waals surface area contributed by atoms with Crippen LogP contribution in [0.4, 0.5) is 0 Å². The molecule has 1 heterocycles. The Morgan fingerprint density at radius 2 is 1.96 bits per heavy atom. The van der Waals surface area contributed by atoms with Gasteiger partial charge in [-0.15, -0.1) is 0 Å². The number of aryl methyl sites for hydroxylation is 2. The number of hydrogen-bond donors (Lipinski definition) is 1. The second kappa shape index (κ2) is 7.57. The molecule has 0 radical (unpaired) electrons. The molecule has 26 heavy (non-hydrogen) atoms. The van der Waals surface area contributed by atoms with Gasteiger partial charge in [-0.2, -0.15) is 4.98 Å². The van der Waals surface area contributed by atoms with E-state index in [9.17, 15) is 8.42 Å². The van der Waals surface area contributed by atoms with Crippen LogP contribution in [0.25, 0.3) is 11.4 Å². The lowest BCUT2D eigenvalue weighted by molar-refractivity contribution is 0.383. The molecule has 1 N–H and O–H groups in total. The van der Waals surface area contributed by atoms with E-state index in [2.05, 4.69) is 14.9 Å². The smallest absolute Gasteiger partial charge is 0.241 e. The van der Waals surface area contributed by atoms with Crippen molar-refractivity contribution in [3.63, 3.8) is 0 Å². The number of rotatable bonds is 6. The molecule has 8 heteroatoms. The number of sulfonamides is 1. The first-order valence-corrected chi connectivity index (χ1v) is 9.93. The average Bonchev–Trinajstić information content (AvgIpc) is 3.10. The van der Waals surface area contributed by atoms with Crippen molar-refractivity contribution in [3.8, 4) is 11.4 Å². The molecule has 0 fully saturated rings. The molecular formula is C18H18ClN3O3S. The Morgan fingerprint density at radius 3 is 2.65 bits per heavy atom. The predicted molar refractivity (Wildman–Crippen MR) is 99.3 cm³/mol. The highest BCUT2D eigenvalue weighted by atomic mass is 35.5. The van der Waals surface area contributed by atoms with Gasteiger partial charge >= 0.3 is 0 Å². The minimum atomic E-state index is -3.73. The molecule has 0 bridgehead atoms. The predicted octanol–water partition coefficient (Wildman–Crippen LogP) is 3.74. The lowest BCUT2D eigenvalue weighted by atomic mass is 10.1. The summed E-state index contributed by atoms with van der Waals surface area (Å²) in [6.07, 6.45) is 0.614. The van der Waals surface area contributed by atoms with Gasteiger partial charge < -0.3 is 4.52 Å². The molecule has 0 aliphatic heterocycles. The van der Waals surface area contributed by atoms with Gasteiger partial charge in [-0.1, -0.05) is 54.0 Å². The summed E-state index contributed by atoms with van der Waals surface area (Å²) in [6, 6.07) is 12.1. The number of nitrogens with one attached hydrogen (secondary N) is 1. The standard InChI is InChI=1S/C18H18ClN3O3S/c1-3-17-21-18(22-25-17)13-9-8-12(2)16(10-13)26(23,24)20-11-14-6-4-5-7-15(14)19/h4-10,20H,3,11H2,1-2H3. The molecule has 2 aromatic carbocycles. The third kappa shape index (κ3) is 3.95. The molecule has 6 nitrogen and oxygen atoms in total. The van der Waals surface area contributed by atoms with Crippen LogP contribution >= 0.6 is 11.6 Å². The fourth-order valence-corrected chi connectivity index (χ4v) is 3.91. The third-order valence-corrected chi connectivity index (χ3v) is 5.83. The molecule has 0 aliphatic carbocycles. The molecule has 0 saturated heterocycles. The molecular weight excluding hydrogens is 374 g/mol. The van der Waals surface area contributed by atoms with Crippen molar-refractivity contribution in [3.05, 3.63) is 64.5 Å². The SMILES string of the molecule is CCc1nc(-c2ccc(C)c(S(=O)(=O)NCc3ccccc3Cl)c2)no1. The van der Waals surface area contributed by atoms with Crippen LogP contribution in [-0.4, -0.2) is 18.6 Å². The Hall–Kier alpha value is -2.22. The monoisotopic (exact) mass is 391 g/mol. The van der Waals surface area contributed by atoms with Crippen molar-refractivity contribution in [2.45, 2.75) is 31.7 Å². The Labute approximate surface area is 157 Å². The van der Waals surface area contributed by atoms with Crippen LogP contribution < -0.4 is 4.72 Å². The maximum Gasteiger partial charge on any atom is 0.241 e. The Kier molecular flexibility index (Phi) is 5.41. The fraction of sp³-hybridized carbons (Fsp3) is 0.222. The zero-order valence-electron chi connectivity index (χ0n) is 14.4. The van der Waals surface area contributed by atoms with E-state index in [-0.39, 0.29) is 11.4 Å². The van der Waals surface area contributed by atoms with Gasteiger partial charge in [-0.3, -0.25) is 0 Å². The number of hydrogen-bond acceptors (Lipinski definition) is 5. The van der Waals surface area contributed by atoms with Gasteiger partial charge in [-0.05, 0) is 30.2 Å². The summed E-state index contributed by atoms with van der Waals surface area (Å²) in [4.78, 5) is 4.42. The summed E-state index contributed by atoms with van der Waals surface area (Å²) < 4.78 is 33.2. The topological polar surface area (TPSA) is 85.1 Å². The van der Waals surface area contributed by atoms with Gasteiger partial charge in [0, 0.05) is 23.6 Å². The van der Waals surface area contributed by atoms with Gasteiger partial charge in [0.25, 0.3) is 0 Å². The van der Waals surface area contributed by atoms with Crippen molar-refractivity contribution in [2.75, 3.05) is 0 Å². The molecule has 0 saturated carbocycles. The molecule has 3 rings (SSSR count). The van der Waals surface area contributed by atoms with Crippen LogP contribution in [0.1, 0.15) is 23.9 Å². The Bertz CT molecular complexity index is 1030. The number of halogens is 1. The van der Waals surface area contributed by atoms with Crippen molar-refractivity contribution in [1.82, 2.24) is 14.9 Å². The molecule has 136 valence electrons. The lowest BCUT2D eigenvalue weighted by Gasteiger charge is -2.11. The normalized spacial score (nSPS) is 11.7. The van der Waals surface area contributed by atoms with E-state index in [1.54, 1.807) is 43.3 Å². The van der Waals surface area contributed by atoms with E-state index in [0.29, 0.717) is 39.8 Å². The van der Waals surface area contributed by atoms with Crippen molar-refractivity contribution in [1.29, 1.82) is 0 Å². The third-order valence-electron chi connectivity index (χ3n) is 3.92. The quantitative estimate of drug-likeness (QED) is 0.691. The van der Waals surface area contributed by atoms with Crippen molar-refractivity contribution >= 4 is 21.6 Å². The highest BCUT2D eigenvalue weighted by Crippen LogP contribution is 2.24. The number of benzene rings is 2. The highest BCUT2D eigenvalue weighted by molar-refractivity contribution is 7.89. The summed E-state index contributed by atoms with van der Waals surface area (Å²) in [5.41, 5.74) is 1.91. The average molecular weight is 392 g/mol. The van der Waals surface area contributed by atoms with Crippen LogP contribution in [0.5, 0.6) is 0 Å². The van der Waals surface area contributed by atoms with Crippen LogP contribution in [0.3, 0.4) is 0 Å². The number of aromatic nitrogens is 2. The molecule has 0 atom stereocenters. The van der Waals surface area contributed by atoms with Crippen molar-refractivity contribution < 1.29 is 12.9 Å². The zero-order chi connectivity index (χ0) is 18.7. The van der Waals surface area contributed by atoms with Gasteiger partial charge in [-0.25, -0.2) is 13.1 Å². The van der Waals surface area contributed by atoms with E-state index in [0.717, 1.165) is 0 Å². The van der Waals surface area contributed by atoms with Gasteiger partial charge in [0.15, 0.2) is 0 Å². The minimum Gasteiger partial charge on any atom is -0.339 e. The van der Waals surface area contributed by atoms with Crippen LogP contribution in [0.15, 0.2) is 51.9 Å². The first-order valence-electron chi connectivity index (χ1n) is 8.07. The van der Waals surface area contributed by atoms with Crippen molar-refractivity contribution in [2.24, 2.45) is 0 Å². The lowest BCUT2D eigenvalue weighted by Crippen LogP contribution is -2.24. The van der Waals surface area contributed by atoms with Gasteiger partial charge in [0.2, 0.25) is 21.7 Å². The molecule has 0 unspecified atom stereocenters. The number of nitrogens with zero attached hydrogens (tertiary/aromatic N) is 2.